The molecule has 0 fully saturated rings. The minimum absolute atomic E-state index is 0.253. The van der Waals surface area contributed by atoms with E-state index < -0.39 is 0 Å². The molecule has 1 aromatic heterocycles. The Bertz CT molecular complexity index is 715. The van der Waals surface area contributed by atoms with Gasteiger partial charge in [0.05, 0.1) is 0 Å². The lowest BCUT2D eigenvalue weighted by molar-refractivity contribution is 0.331. The Morgan fingerprint density at radius 3 is 2.18 bits per heavy atom. The first-order chi connectivity index (χ1) is 10.2. The SMILES string of the molecule is C=C(c1cccs1)c1cc2c(cc1C)C(C)(C)CCC2(C)C. The molecule has 0 N–H and O–H groups in total. The number of hydrogen-bond donors (Lipinski definition) is 0. The largest absolute Gasteiger partial charge is 0.144 e. The second-order valence-electron chi connectivity index (χ2n) is 7.94. The molecule has 22 heavy (non-hydrogen) atoms. The van der Waals surface area contributed by atoms with Gasteiger partial charge in [0.25, 0.3) is 0 Å². The van der Waals surface area contributed by atoms with Crippen LogP contribution in [-0.2, 0) is 10.8 Å². The first kappa shape index (κ1) is 15.6. The topological polar surface area (TPSA) is 0 Å². The van der Waals surface area contributed by atoms with Crippen LogP contribution in [0, 0.1) is 6.92 Å². The minimum atomic E-state index is 0.253. The van der Waals surface area contributed by atoms with Gasteiger partial charge in [-0.25, -0.2) is 0 Å². The van der Waals surface area contributed by atoms with Crippen molar-refractivity contribution in [2.45, 2.75) is 58.3 Å². The van der Waals surface area contributed by atoms with Crippen LogP contribution in [0.3, 0.4) is 0 Å². The van der Waals surface area contributed by atoms with Crippen molar-refractivity contribution in [2.24, 2.45) is 0 Å². The van der Waals surface area contributed by atoms with Crippen molar-refractivity contribution in [1.29, 1.82) is 0 Å². The van der Waals surface area contributed by atoms with Crippen LogP contribution in [-0.4, -0.2) is 0 Å². The Hall–Kier alpha value is -1.34. The van der Waals surface area contributed by atoms with Gasteiger partial charge in [-0.2, -0.15) is 0 Å². The quantitative estimate of drug-likeness (QED) is 0.596. The summed E-state index contributed by atoms with van der Waals surface area (Å²) in [7, 11) is 0. The molecule has 0 amide bonds. The van der Waals surface area contributed by atoms with E-state index in [9.17, 15) is 0 Å². The Labute approximate surface area is 138 Å². The van der Waals surface area contributed by atoms with E-state index in [-0.39, 0.29) is 10.8 Å². The van der Waals surface area contributed by atoms with E-state index in [2.05, 4.69) is 70.8 Å². The molecule has 0 atom stereocenters. The summed E-state index contributed by atoms with van der Waals surface area (Å²) in [4.78, 5) is 1.27. The summed E-state index contributed by atoms with van der Waals surface area (Å²) in [6.45, 7) is 16.1. The Kier molecular flexibility index (Phi) is 3.60. The lowest BCUT2D eigenvalue weighted by atomic mass is 9.62. The molecule has 0 spiro atoms. The second-order valence-corrected chi connectivity index (χ2v) is 8.88. The maximum absolute atomic E-state index is 4.37. The average molecular weight is 311 g/mol. The third kappa shape index (κ3) is 2.46. The molecule has 0 radical (unpaired) electrons. The summed E-state index contributed by atoms with van der Waals surface area (Å²) in [5, 5.41) is 2.13. The number of rotatable bonds is 2. The first-order valence-corrected chi connectivity index (χ1v) is 8.99. The molecule has 0 nitrogen and oxygen atoms in total. The van der Waals surface area contributed by atoms with E-state index in [1.165, 1.54) is 40.0 Å². The molecule has 1 heterocycles. The highest BCUT2D eigenvalue weighted by atomic mass is 32.1. The van der Waals surface area contributed by atoms with Gasteiger partial charge < -0.3 is 0 Å². The van der Waals surface area contributed by atoms with Crippen LogP contribution >= 0.6 is 11.3 Å². The lowest BCUT2D eigenvalue weighted by Crippen LogP contribution is -2.34. The van der Waals surface area contributed by atoms with Gasteiger partial charge in [0.2, 0.25) is 0 Å². The summed E-state index contributed by atoms with van der Waals surface area (Å²) < 4.78 is 0. The van der Waals surface area contributed by atoms with Gasteiger partial charge in [0, 0.05) is 4.88 Å². The molecular formula is C21H26S. The fraction of sp³-hybridized carbons (Fsp3) is 0.429. The molecule has 2 aromatic rings. The number of aryl methyl sites for hydroxylation is 1. The van der Waals surface area contributed by atoms with Gasteiger partial charge in [-0.1, -0.05) is 52.5 Å². The van der Waals surface area contributed by atoms with Gasteiger partial charge in [-0.15, -0.1) is 11.3 Å². The lowest BCUT2D eigenvalue weighted by Gasteiger charge is -2.42. The molecule has 116 valence electrons. The van der Waals surface area contributed by atoms with E-state index >= 15 is 0 Å². The molecule has 1 aliphatic rings. The van der Waals surface area contributed by atoms with Crippen molar-refractivity contribution in [3.8, 4) is 0 Å². The van der Waals surface area contributed by atoms with Crippen LogP contribution in [0.5, 0.6) is 0 Å². The van der Waals surface area contributed by atoms with Crippen molar-refractivity contribution >= 4 is 16.9 Å². The van der Waals surface area contributed by atoms with Crippen LogP contribution < -0.4 is 0 Å². The fourth-order valence-corrected chi connectivity index (χ4v) is 4.34. The smallest absolute Gasteiger partial charge is 0.0342 e. The maximum atomic E-state index is 4.37. The maximum Gasteiger partial charge on any atom is 0.0342 e. The Morgan fingerprint density at radius 2 is 1.64 bits per heavy atom. The molecule has 0 saturated carbocycles. The van der Waals surface area contributed by atoms with Crippen LogP contribution in [0.25, 0.3) is 5.57 Å². The zero-order valence-electron chi connectivity index (χ0n) is 14.4. The summed E-state index contributed by atoms with van der Waals surface area (Å²) in [5.74, 6) is 0. The van der Waals surface area contributed by atoms with Crippen molar-refractivity contribution in [2.75, 3.05) is 0 Å². The third-order valence-corrected chi connectivity index (χ3v) is 6.27. The molecule has 0 saturated heterocycles. The summed E-state index contributed by atoms with van der Waals surface area (Å²) in [5.41, 5.74) is 7.40. The molecule has 0 unspecified atom stereocenters. The third-order valence-electron chi connectivity index (χ3n) is 5.34. The highest BCUT2D eigenvalue weighted by Crippen LogP contribution is 2.47. The van der Waals surface area contributed by atoms with Crippen LogP contribution in [0.4, 0.5) is 0 Å². The predicted octanol–water partition coefficient (Wildman–Crippen LogP) is 6.47. The standard InChI is InChI=1S/C21H26S/c1-14-12-17-18(21(5,6)10-9-20(17,3)4)13-16(14)15(2)19-8-7-11-22-19/h7-8,11-13H,2,9-10H2,1,3-6H3. The highest BCUT2D eigenvalue weighted by Gasteiger charge is 2.37. The van der Waals surface area contributed by atoms with Crippen molar-refractivity contribution < 1.29 is 0 Å². The van der Waals surface area contributed by atoms with E-state index in [1.54, 1.807) is 11.3 Å². The molecule has 0 bridgehead atoms. The van der Waals surface area contributed by atoms with Gasteiger partial charge in [-0.05, 0) is 69.9 Å². The van der Waals surface area contributed by atoms with E-state index in [0.29, 0.717) is 0 Å². The molecule has 0 aliphatic heterocycles. The number of hydrogen-bond acceptors (Lipinski definition) is 1. The monoisotopic (exact) mass is 310 g/mol. The fourth-order valence-electron chi connectivity index (χ4n) is 3.63. The predicted molar refractivity (Wildman–Crippen MR) is 98.9 cm³/mol. The molecular weight excluding hydrogens is 284 g/mol. The van der Waals surface area contributed by atoms with Crippen molar-refractivity contribution in [3.63, 3.8) is 0 Å². The Balaban J connectivity index is 2.18. The number of fused-ring (bicyclic) bond motifs is 1. The van der Waals surface area contributed by atoms with Crippen LogP contribution in [0.1, 0.15) is 67.7 Å². The van der Waals surface area contributed by atoms with Crippen molar-refractivity contribution in [1.82, 2.24) is 0 Å². The molecule has 3 rings (SSSR count). The number of benzene rings is 1. The average Bonchev–Trinajstić information content (AvgIpc) is 2.97. The van der Waals surface area contributed by atoms with Gasteiger partial charge in [-0.3, -0.25) is 0 Å². The zero-order valence-corrected chi connectivity index (χ0v) is 15.2. The minimum Gasteiger partial charge on any atom is -0.144 e. The van der Waals surface area contributed by atoms with E-state index in [4.69, 9.17) is 0 Å². The highest BCUT2D eigenvalue weighted by molar-refractivity contribution is 7.11. The summed E-state index contributed by atoms with van der Waals surface area (Å²) in [6.07, 6.45) is 2.51. The van der Waals surface area contributed by atoms with Crippen molar-refractivity contribution in [3.05, 3.63) is 63.4 Å². The molecule has 1 aliphatic carbocycles. The first-order valence-electron chi connectivity index (χ1n) is 8.11. The van der Waals surface area contributed by atoms with Crippen LogP contribution in [0.2, 0.25) is 0 Å². The van der Waals surface area contributed by atoms with Crippen LogP contribution in [0.15, 0.2) is 36.2 Å². The second kappa shape index (κ2) is 5.09. The molecule has 1 aromatic carbocycles. The van der Waals surface area contributed by atoms with Gasteiger partial charge in [0.1, 0.15) is 0 Å². The normalized spacial score (nSPS) is 18.8. The van der Waals surface area contributed by atoms with E-state index in [1.807, 2.05) is 0 Å². The molecule has 1 heteroatoms. The summed E-state index contributed by atoms with van der Waals surface area (Å²) >= 11 is 1.77. The van der Waals surface area contributed by atoms with Gasteiger partial charge in [0.15, 0.2) is 0 Å². The number of thiophene rings is 1. The van der Waals surface area contributed by atoms with Gasteiger partial charge >= 0.3 is 0 Å². The summed E-state index contributed by atoms with van der Waals surface area (Å²) in [6, 6.07) is 9.12. The Morgan fingerprint density at radius 1 is 1.05 bits per heavy atom. The van der Waals surface area contributed by atoms with E-state index in [0.717, 1.165) is 5.57 Å². The zero-order chi connectivity index (χ0) is 16.1.